The van der Waals surface area contributed by atoms with Gasteiger partial charge in [-0.1, -0.05) is 12.1 Å². The van der Waals surface area contributed by atoms with Gasteiger partial charge in [-0.05, 0) is 54.6 Å². The molecule has 2 aromatic heterocycles. The number of ether oxygens (including phenoxy) is 1. The largest absolute Gasteiger partial charge is 0.461 e. The van der Waals surface area contributed by atoms with Crippen LogP contribution in [0.1, 0.15) is 5.56 Å². The smallest absolute Gasteiger partial charge is 0.261 e. The summed E-state index contributed by atoms with van der Waals surface area (Å²) in [6.07, 6.45) is 3.61. The van der Waals surface area contributed by atoms with Crippen LogP contribution in [0.25, 0.3) is 28.8 Å². The number of para-hydroxylation sites is 1. The van der Waals surface area contributed by atoms with Crippen molar-refractivity contribution < 1.29 is 22.7 Å². The van der Waals surface area contributed by atoms with Crippen molar-refractivity contribution in [3.63, 3.8) is 0 Å². The molecule has 1 atom stereocenters. The van der Waals surface area contributed by atoms with E-state index in [4.69, 9.17) is 9.15 Å². The zero-order chi connectivity index (χ0) is 20.7. The molecule has 0 saturated carbocycles. The lowest BCUT2D eigenvalue weighted by molar-refractivity contribution is 0.0230. The summed E-state index contributed by atoms with van der Waals surface area (Å²) >= 11 is 0. The third-order valence-electron chi connectivity index (χ3n) is 4.55. The van der Waals surface area contributed by atoms with Crippen molar-refractivity contribution in [3.8, 4) is 17.2 Å². The van der Waals surface area contributed by atoms with Gasteiger partial charge in [-0.15, -0.1) is 0 Å². The normalized spacial score (nSPS) is 15.6. The fourth-order valence-electron chi connectivity index (χ4n) is 3.13. The Hall–Kier alpha value is -3.69. The average molecular weight is 421 g/mol. The summed E-state index contributed by atoms with van der Waals surface area (Å²) < 4.78 is 39.6. The number of aliphatic hydroxyl groups excluding tert-OH is 1. The van der Waals surface area contributed by atoms with Crippen LogP contribution in [0.15, 0.2) is 76.2 Å². The van der Waals surface area contributed by atoms with Crippen molar-refractivity contribution in [2.45, 2.75) is 11.2 Å². The number of benzene rings is 2. The number of fused-ring (bicyclic) bond motifs is 2. The minimum Gasteiger partial charge on any atom is -0.461 e. The van der Waals surface area contributed by atoms with E-state index in [2.05, 4.69) is 14.7 Å². The van der Waals surface area contributed by atoms with Gasteiger partial charge in [0.15, 0.2) is 11.2 Å². The molecular formula is C21H15N3O5S. The van der Waals surface area contributed by atoms with Crippen LogP contribution in [0.3, 0.4) is 0 Å². The molecule has 2 N–H and O–H groups in total. The Balaban J connectivity index is 1.51. The molecule has 8 nitrogen and oxygen atoms in total. The van der Waals surface area contributed by atoms with Gasteiger partial charge in [0.25, 0.3) is 10.0 Å². The second-order valence-corrected chi connectivity index (χ2v) is 8.24. The number of oxazole rings is 1. The van der Waals surface area contributed by atoms with Crippen molar-refractivity contribution >= 4 is 33.0 Å². The van der Waals surface area contributed by atoms with E-state index in [-0.39, 0.29) is 10.8 Å². The molecule has 150 valence electrons. The number of aliphatic hydroxyl groups is 1. The predicted octanol–water partition coefficient (Wildman–Crippen LogP) is 3.41. The molecule has 2 aromatic carbocycles. The Bertz CT molecular complexity index is 1360. The standard InChI is InChI=1S/C21H15N3O5S/c25-19-10-7-13-12-14(8-9-17(13)28-19)30(26,27)24-16-5-2-1-4-15(16)21-23-20-18(29-21)6-3-11-22-20/h1-12,19,24-25H. The maximum atomic E-state index is 13.0. The second-order valence-electron chi connectivity index (χ2n) is 6.56. The third kappa shape index (κ3) is 3.30. The van der Waals surface area contributed by atoms with Crippen LogP contribution in [0.4, 0.5) is 5.69 Å². The highest BCUT2D eigenvalue weighted by Gasteiger charge is 2.21. The summed E-state index contributed by atoms with van der Waals surface area (Å²) in [5, 5.41) is 9.51. The van der Waals surface area contributed by atoms with Crippen molar-refractivity contribution in [2.75, 3.05) is 4.72 Å². The van der Waals surface area contributed by atoms with Gasteiger partial charge in [-0.2, -0.15) is 4.98 Å². The molecular weight excluding hydrogens is 406 g/mol. The summed E-state index contributed by atoms with van der Waals surface area (Å²) in [5.41, 5.74) is 2.32. The van der Waals surface area contributed by atoms with E-state index >= 15 is 0 Å². The van der Waals surface area contributed by atoms with Crippen molar-refractivity contribution in [2.24, 2.45) is 0 Å². The van der Waals surface area contributed by atoms with Crippen LogP contribution in [0.5, 0.6) is 5.75 Å². The maximum absolute atomic E-state index is 13.0. The van der Waals surface area contributed by atoms with Crippen LogP contribution in [-0.4, -0.2) is 29.8 Å². The quantitative estimate of drug-likeness (QED) is 0.519. The Morgan fingerprint density at radius 1 is 1.07 bits per heavy atom. The van der Waals surface area contributed by atoms with E-state index in [0.29, 0.717) is 33.8 Å². The number of aromatic nitrogens is 2. The first-order valence-electron chi connectivity index (χ1n) is 9.00. The highest BCUT2D eigenvalue weighted by atomic mass is 32.2. The monoisotopic (exact) mass is 421 g/mol. The predicted molar refractivity (Wildman–Crippen MR) is 110 cm³/mol. The number of hydrogen-bond acceptors (Lipinski definition) is 7. The molecule has 0 saturated heterocycles. The highest BCUT2D eigenvalue weighted by molar-refractivity contribution is 7.92. The number of rotatable bonds is 4. The Morgan fingerprint density at radius 2 is 1.93 bits per heavy atom. The van der Waals surface area contributed by atoms with Crippen molar-refractivity contribution in [3.05, 3.63) is 72.4 Å². The summed E-state index contributed by atoms with van der Waals surface area (Å²) in [6, 6.07) is 14.7. The average Bonchev–Trinajstić information content (AvgIpc) is 3.17. The lowest BCUT2D eigenvalue weighted by Crippen LogP contribution is -2.17. The molecule has 4 aromatic rings. The van der Waals surface area contributed by atoms with Crippen molar-refractivity contribution in [1.29, 1.82) is 0 Å². The first-order valence-corrected chi connectivity index (χ1v) is 10.5. The molecule has 3 heterocycles. The Morgan fingerprint density at radius 3 is 2.80 bits per heavy atom. The molecule has 30 heavy (non-hydrogen) atoms. The van der Waals surface area contributed by atoms with Gasteiger partial charge in [0.2, 0.25) is 12.2 Å². The number of nitrogens with one attached hydrogen (secondary N) is 1. The van der Waals surface area contributed by atoms with Gasteiger partial charge >= 0.3 is 0 Å². The van der Waals surface area contributed by atoms with Gasteiger partial charge in [-0.25, -0.2) is 13.4 Å². The van der Waals surface area contributed by atoms with Crippen LogP contribution < -0.4 is 9.46 Å². The van der Waals surface area contributed by atoms with E-state index < -0.39 is 16.3 Å². The molecule has 1 unspecified atom stereocenters. The molecule has 1 aliphatic rings. The van der Waals surface area contributed by atoms with Crippen LogP contribution in [0.2, 0.25) is 0 Å². The van der Waals surface area contributed by atoms with E-state index in [1.54, 1.807) is 48.7 Å². The molecule has 0 aliphatic carbocycles. The Labute approximate surface area is 171 Å². The number of pyridine rings is 1. The molecule has 0 fully saturated rings. The number of nitrogens with zero attached hydrogens (tertiary/aromatic N) is 2. The molecule has 0 radical (unpaired) electrons. The fraction of sp³-hybridized carbons (Fsp3) is 0.0476. The van der Waals surface area contributed by atoms with Gasteiger partial charge in [0.05, 0.1) is 16.1 Å². The van der Waals surface area contributed by atoms with E-state index in [0.717, 1.165) is 0 Å². The maximum Gasteiger partial charge on any atom is 0.261 e. The summed E-state index contributed by atoms with van der Waals surface area (Å²) in [4.78, 5) is 8.55. The SMILES string of the molecule is O=S(=O)(Nc1ccccc1-c1nc2ncccc2o1)c1ccc2c(c1)C=CC(O)O2. The highest BCUT2D eigenvalue weighted by Crippen LogP contribution is 2.32. The molecule has 0 spiro atoms. The molecule has 0 bridgehead atoms. The third-order valence-corrected chi connectivity index (χ3v) is 5.91. The zero-order valence-electron chi connectivity index (χ0n) is 15.4. The topological polar surface area (TPSA) is 115 Å². The number of sulfonamides is 1. The van der Waals surface area contributed by atoms with Crippen LogP contribution in [-0.2, 0) is 10.0 Å². The van der Waals surface area contributed by atoms with Gasteiger partial charge < -0.3 is 14.3 Å². The molecule has 1 aliphatic heterocycles. The van der Waals surface area contributed by atoms with Crippen molar-refractivity contribution in [1.82, 2.24) is 9.97 Å². The number of hydrogen-bond donors (Lipinski definition) is 2. The minimum atomic E-state index is -3.91. The van der Waals surface area contributed by atoms with Gasteiger partial charge in [0.1, 0.15) is 5.75 Å². The van der Waals surface area contributed by atoms with Gasteiger partial charge in [0, 0.05) is 11.8 Å². The van der Waals surface area contributed by atoms with Crippen LogP contribution >= 0.6 is 0 Å². The summed E-state index contributed by atoms with van der Waals surface area (Å²) in [7, 11) is -3.91. The van der Waals surface area contributed by atoms with Gasteiger partial charge in [-0.3, -0.25) is 4.72 Å². The molecule has 0 amide bonds. The van der Waals surface area contributed by atoms with E-state index in [1.807, 2.05) is 0 Å². The van der Waals surface area contributed by atoms with E-state index in [1.165, 1.54) is 24.3 Å². The lowest BCUT2D eigenvalue weighted by Gasteiger charge is -2.18. The number of anilines is 1. The minimum absolute atomic E-state index is 0.0555. The summed E-state index contributed by atoms with van der Waals surface area (Å²) in [6.45, 7) is 0. The molecule has 9 heteroatoms. The summed E-state index contributed by atoms with van der Waals surface area (Å²) in [5.74, 6) is 0.668. The first-order chi connectivity index (χ1) is 14.5. The Kier molecular flexibility index (Phi) is 4.27. The zero-order valence-corrected chi connectivity index (χ0v) is 16.2. The fourth-order valence-corrected chi connectivity index (χ4v) is 4.25. The van der Waals surface area contributed by atoms with Crippen LogP contribution in [0, 0.1) is 0 Å². The second kappa shape index (κ2) is 6.97. The van der Waals surface area contributed by atoms with E-state index in [9.17, 15) is 13.5 Å². The first kappa shape index (κ1) is 18.3. The lowest BCUT2D eigenvalue weighted by atomic mass is 10.1. The molecule has 5 rings (SSSR count).